The minimum Gasteiger partial charge on any atom is -0.479 e. The fraction of sp³-hybridized carbons (Fsp3) is 0.312. The fourth-order valence-corrected chi connectivity index (χ4v) is 5.74. The molecule has 176 valence electrons. The third-order valence-corrected chi connectivity index (χ3v) is 7.39. The lowest BCUT2D eigenvalue weighted by Gasteiger charge is -2.49. The van der Waals surface area contributed by atoms with E-state index in [2.05, 4.69) is 20.3 Å². The first-order valence-corrected chi connectivity index (χ1v) is 11.8. The number of β-lactam (4-membered cyclic amide) rings is 1. The van der Waals surface area contributed by atoms with E-state index in [1.54, 1.807) is 0 Å². The van der Waals surface area contributed by atoms with Gasteiger partial charge in [0.1, 0.15) is 22.8 Å². The number of hydrogen-bond donors (Lipinski definition) is 5. The van der Waals surface area contributed by atoms with Crippen LogP contribution in [0.2, 0.25) is 0 Å². The number of nitrogens with two attached hydrogens (primary N) is 2. The zero-order valence-corrected chi connectivity index (χ0v) is 18.9. The molecule has 0 unspecified atom stereocenters. The molecule has 0 aliphatic carbocycles. The molecule has 0 radical (unpaired) electrons. The van der Waals surface area contributed by atoms with Crippen LogP contribution in [0.4, 0.5) is 5.13 Å². The summed E-state index contributed by atoms with van der Waals surface area (Å²) in [6.07, 6.45) is 0. The molecule has 1 aromatic rings. The number of hydrogen-bond acceptors (Lipinski definition) is 12. The van der Waals surface area contributed by atoms with Crippen LogP contribution in [0.5, 0.6) is 0 Å². The van der Waals surface area contributed by atoms with Crippen LogP contribution in [0, 0.1) is 0 Å². The van der Waals surface area contributed by atoms with Crippen molar-refractivity contribution in [2.75, 3.05) is 23.8 Å². The van der Waals surface area contributed by atoms with Crippen molar-refractivity contribution in [1.29, 1.82) is 0 Å². The topological polar surface area (TPSA) is 228 Å². The minimum atomic E-state index is -1.35. The number of rotatable bonds is 10. The number of aromatic nitrogens is 1. The van der Waals surface area contributed by atoms with Crippen LogP contribution in [0.25, 0.3) is 0 Å². The third kappa shape index (κ3) is 5.37. The van der Waals surface area contributed by atoms with Crippen LogP contribution in [0.1, 0.15) is 5.69 Å². The van der Waals surface area contributed by atoms with Gasteiger partial charge >= 0.3 is 11.9 Å². The Balaban J connectivity index is 1.78. The van der Waals surface area contributed by atoms with Crippen molar-refractivity contribution >= 4 is 75.4 Å². The first-order valence-electron chi connectivity index (χ1n) is 8.86. The van der Waals surface area contributed by atoms with Crippen LogP contribution in [0.15, 0.2) is 21.1 Å². The second-order valence-corrected chi connectivity index (χ2v) is 9.44. The summed E-state index contributed by atoms with van der Waals surface area (Å²) in [4.78, 5) is 68.9. The average molecular weight is 517 g/mol. The van der Waals surface area contributed by atoms with E-state index in [0.29, 0.717) is 4.91 Å². The number of aliphatic carboxylic acids is 2. The number of anilines is 1. The second kappa shape index (κ2) is 10.1. The molecular formula is C16H16N6O8S3. The van der Waals surface area contributed by atoms with Crippen molar-refractivity contribution in [3.05, 3.63) is 21.7 Å². The van der Waals surface area contributed by atoms with E-state index < -0.39 is 53.4 Å². The number of oxime groups is 1. The van der Waals surface area contributed by atoms with Crippen LogP contribution >= 0.6 is 34.9 Å². The Labute approximate surface area is 197 Å². The summed E-state index contributed by atoms with van der Waals surface area (Å²) in [5.41, 5.74) is 10.0. The van der Waals surface area contributed by atoms with E-state index >= 15 is 0 Å². The summed E-state index contributed by atoms with van der Waals surface area (Å²) in [6, 6.07) is -1.08. The number of thioether (sulfide) groups is 2. The molecule has 7 N–H and O–H groups in total. The van der Waals surface area contributed by atoms with Gasteiger partial charge < -0.3 is 31.8 Å². The molecule has 0 spiro atoms. The van der Waals surface area contributed by atoms with Crippen molar-refractivity contribution in [1.82, 2.24) is 15.2 Å². The molecule has 3 amide bonds. The summed E-state index contributed by atoms with van der Waals surface area (Å²) in [5.74, 6) is -4.84. The van der Waals surface area contributed by atoms with Gasteiger partial charge in [-0.1, -0.05) is 5.16 Å². The SMILES string of the molecule is NC(=O)CSC1=C(C(=O)O)N2C(=O)[C@@H](NC(=O)C(=NOCC(=O)O)c3csc(N)n3)[C@@H]2SC1. The maximum absolute atomic E-state index is 12.8. The van der Waals surface area contributed by atoms with Gasteiger partial charge in [-0.3, -0.25) is 19.3 Å². The molecule has 0 aromatic carbocycles. The molecule has 17 heteroatoms. The highest BCUT2D eigenvalue weighted by Gasteiger charge is 2.54. The van der Waals surface area contributed by atoms with Gasteiger partial charge in [-0.05, 0) is 0 Å². The first kappa shape index (κ1) is 24.3. The first-order chi connectivity index (χ1) is 15.6. The summed E-state index contributed by atoms with van der Waals surface area (Å²) in [5, 5.41) is 25.0. The molecular weight excluding hydrogens is 500 g/mol. The molecule has 1 aromatic heterocycles. The number of amides is 3. The van der Waals surface area contributed by atoms with E-state index in [1.165, 1.54) is 17.1 Å². The maximum atomic E-state index is 12.8. The molecule has 2 aliphatic heterocycles. The van der Waals surface area contributed by atoms with Crippen molar-refractivity contribution in [2.45, 2.75) is 11.4 Å². The van der Waals surface area contributed by atoms with Crippen molar-refractivity contribution in [2.24, 2.45) is 10.9 Å². The van der Waals surface area contributed by atoms with Gasteiger partial charge in [0.25, 0.3) is 11.8 Å². The smallest absolute Gasteiger partial charge is 0.353 e. The zero-order valence-electron chi connectivity index (χ0n) is 16.4. The average Bonchev–Trinajstić information content (AvgIpc) is 3.17. The van der Waals surface area contributed by atoms with Gasteiger partial charge in [0.15, 0.2) is 10.8 Å². The van der Waals surface area contributed by atoms with Gasteiger partial charge in [-0.15, -0.1) is 34.9 Å². The largest absolute Gasteiger partial charge is 0.479 e. The van der Waals surface area contributed by atoms with E-state index in [0.717, 1.165) is 28.0 Å². The molecule has 2 aliphatic rings. The van der Waals surface area contributed by atoms with Gasteiger partial charge in [0.2, 0.25) is 12.5 Å². The van der Waals surface area contributed by atoms with E-state index in [9.17, 15) is 29.1 Å². The standard InChI is InChI=1S/C16H16N6O8S3/c17-7(23)4-31-6-3-32-14-10(13(27)22(14)11(6)15(28)29)20-12(26)9(21-30-1-8(24)25)5-2-33-16(18)19-5/h2,10,14H,1,3-4H2,(H2,17,23)(H2,18,19)(H,20,26)(H,24,25)(H,28,29)/t10-,14+/m1/s1. The maximum Gasteiger partial charge on any atom is 0.353 e. The normalized spacial score (nSPS) is 20.1. The van der Waals surface area contributed by atoms with Crippen molar-refractivity contribution < 1.29 is 39.0 Å². The van der Waals surface area contributed by atoms with Crippen LogP contribution < -0.4 is 16.8 Å². The molecule has 0 saturated carbocycles. The molecule has 14 nitrogen and oxygen atoms in total. The van der Waals surface area contributed by atoms with E-state index in [4.69, 9.17) is 16.6 Å². The zero-order chi connectivity index (χ0) is 24.3. The highest BCUT2D eigenvalue weighted by atomic mass is 32.2. The predicted octanol–water partition coefficient (Wildman–Crippen LogP) is -1.55. The Hall–Kier alpha value is -3.31. The lowest BCUT2D eigenvalue weighted by molar-refractivity contribution is -0.150. The molecule has 3 heterocycles. The molecule has 2 atom stereocenters. The molecule has 0 bridgehead atoms. The number of fused-ring (bicyclic) bond motifs is 1. The number of primary amides is 1. The fourth-order valence-electron chi connectivity index (χ4n) is 2.82. The molecule has 33 heavy (non-hydrogen) atoms. The number of carboxylic acids is 2. The van der Waals surface area contributed by atoms with Gasteiger partial charge in [-0.25, -0.2) is 14.6 Å². The van der Waals surface area contributed by atoms with Crippen molar-refractivity contribution in [3.63, 3.8) is 0 Å². The molecule has 3 rings (SSSR count). The Bertz CT molecular complexity index is 1090. The number of carboxylic acid groups (broad SMARTS) is 2. The van der Waals surface area contributed by atoms with Crippen LogP contribution in [0.3, 0.4) is 0 Å². The van der Waals surface area contributed by atoms with Crippen molar-refractivity contribution in [3.8, 4) is 0 Å². The predicted molar refractivity (Wildman–Crippen MR) is 118 cm³/mol. The number of nitrogens with one attached hydrogen (secondary N) is 1. The van der Waals surface area contributed by atoms with Gasteiger partial charge in [0, 0.05) is 16.0 Å². The molecule has 1 saturated heterocycles. The molecule has 1 fully saturated rings. The minimum absolute atomic E-state index is 0.0107. The number of carbonyl (C=O) groups is 5. The monoisotopic (exact) mass is 516 g/mol. The summed E-state index contributed by atoms with van der Waals surface area (Å²) in [7, 11) is 0. The number of nitrogens with zero attached hydrogens (tertiary/aromatic N) is 3. The van der Waals surface area contributed by atoms with Gasteiger partial charge in [0.05, 0.1) is 5.75 Å². The third-order valence-electron chi connectivity index (χ3n) is 4.13. The second-order valence-electron chi connectivity index (χ2n) is 6.37. The summed E-state index contributed by atoms with van der Waals surface area (Å²) in [6.45, 7) is -0.816. The highest BCUT2D eigenvalue weighted by Crippen LogP contribution is 2.43. The van der Waals surface area contributed by atoms with E-state index in [-0.39, 0.29) is 28.0 Å². The number of carbonyl (C=O) groups excluding carboxylic acids is 3. The highest BCUT2D eigenvalue weighted by molar-refractivity contribution is 8.06. The van der Waals surface area contributed by atoms with E-state index in [1.807, 2.05) is 0 Å². The summed E-state index contributed by atoms with van der Waals surface area (Å²) < 4.78 is 0. The number of nitrogen functional groups attached to an aromatic ring is 1. The summed E-state index contributed by atoms with van der Waals surface area (Å²) >= 11 is 3.13. The van der Waals surface area contributed by atoms with Gasteiger partial charge in [-0.2, -0.15) is 0 Å². The van der Waals surface area contributed by atoms with Crippen LogP contribution in [-0.2, 0) is 28.8 Å². The Kier molecular flexibility index (Phi) is 7.44. The van der Waals surface area contributed by atoms with Crippen LogP contribution in [-0.4, -0.2) is 85.0 Å². The number of thiazole rings is 1. The quantitative estimate of drug-likeness (QED) is 0.135. The Morgan fingerprint density at radius 1 is 1.36 bits per heavy atom. The Morgan fingerprint density at radius 3 is 2.67 bits per heavy atom. The Morgan fingerprint density at radius 2 is 2.09 bits per heavy atom. The lowest BCUT2D eigenvalue weighted by atomic mass is 10.0. The lowest BCUT2D eigenvalue weighted by Crippen LogP contribution is -2.71.